The van der Waals surface area contributed by atoms with E-state index >= 15 is 0 Å². The minimum absolute atomic E-state index is 0.367. The Morgan fingerprint density at radius 1 is 1.41 bits per heavy atom. The topological polar surface area (TPSA) is 40.5 Å². The van der Waals surface area contributed by atoms with Crippen molar-refractivity contribution in [2.24, 2.45) is 5.92 Å². The van der Waals surface area contributed by atoms with Crippen LogP contribution in [0.4, 0.5) is 5.69 Å². The molecule has 0 aliphatic carbocycles. The van der Waals surface area contributed by atoms with Gasteiger partial charge in [0, 0.05) is 18.3 Å². The molecule has 17 heavy (non-hydrogen) atoms. The van der Waals surface area contributed by atoms with Crippen molar-refractivity contribution < 1.29 is 9.90 Å². The van der Waals surface area contributed by atoms with E-state index in [1.54, 1.807) is 12.1 Å². The van der Waals surface area contributed by atoms with E-state index in [2.05, 4.69) is 18.7 Å². The molecule has 1 aromatic carbocycles. The summed E-state index contributed by atoms with van der Waals surface area (Å²) in [5.41, 5.74) is 2.59. The molecule has 3 nitrogen and oxygen atoms in total. The zero-order chi connectivity index (χ0) is 12.6. The van der Waals surface area contributed by atoms with E-state index in [9.17, 15) is 4.79 Å². The molecule has 0 radical (unpaired) electrons. The van der Waals surface area contributed by atoms with Gasteiger partial charge in [-0.2, -0.15) is 0 Å². The molecule has 0 bridgehead atoms. The molecule has 92 valence electrons. The summed E-state index contributed by atoms with van der Waals surface area (Å²) in [5, 5.41) is 8.95. The van der Waals surface area contributed by atoms with Crippen LogP contribution in [-0.4, -0.2) is 23.7 Å². The summed E-state index contributed by atoms with van der Waals surface area (Å²) in [7, 11) is 0. The van der Waals surface area contributed by atoms with Gasteiger partial charge in [0.25, 0.3) is 0 Å². The minimum atomic E-state index is -0.859. The van der Waals surface area contributed by atoms with Crippen molar-refractivity contribution in [3.63, 3.8) is 0 Å². The monoisotopic (exact) mass is 233 g/mol. The van der Waals surface area contributed by atoms with Gasteiger partial charge < -0.3 is 10.0 Å². The van der Waals surface area contributed by atoms with Crippen LogP contribution in [0.2, 0.25) is 0 Å². The van der Waals surface area contributed by atoms with E-state index in [1.807, 2.05) is 13.0 Å². The third-order valence-electron chi connectivity index (χ3n) is 3.54. The number of aryl methyl sites for hydroxylation is 1. The number of rotatable bonds is 2. The zero-order valence-electron chi connectivity index (χ0n) is 10.6. The van der Waals surface area contributed by atoms with Crippen molar-refractivity contribution in [1.29, 1.82) is 0 Å². The molecule has 1 aliphatic rings. The molecule has 2 rings (SSSR count). The van der Waals surface area contributed by atoms with Gasteiger partial charge in [0.2, 0.25) is 0 Å². The molecule has 0 spiro atoms. The van der Waals surface area contributed by atoms with E-state index in [0.717, 1.165) is 12.1 Å². The van der Waals surface area contributed by atoms with Gasteiger partial charge >= 0.3 is 5.97 Å². The van der Waals surface area contributed by atoms with Crippen molar-refractivity contribution in [3.8, 4) is 0 Å². The van der Waals surface area contributed by atoms with Gasteiger partial charge in [-0.15, -0.1) is 0 Å². The summed E-state index contributed by atoms with van der Waals surface area (Å²) < 4.78 is 0. The van der Waals surface area contributed by atoms with Crippen LogP contribution >= 0.6 is 0 Å². The van der Waals surface area contributed by atoms with Crippen molar-refractivity contribution >= 4 is 11.7 Å². The summed E-state index contributed by atoms with van der Waals surface area (Å²) in [6, 6.07) is 5.93. The molecule has 1 aromatic rings. The highest BCUT2D eigenvalue weighted by atomic mass is 16.4. The van der Waals surface area contributed by atoms with Crippen LogP contribution in [0, 0.1) is 12.8 Å². The smallest absolute Gasteiger partial charge is 0.335 e. The number of anilines is 1. The van der Waals surface area contributed by atoms with Gasteiger partial charge in [-0.3, -0.25) is 0 Å². The Balaban J connectivity index is 2.31. The molecule has 1 aliphatic heterocycles. The normalized spacial score (nSPS) is 24.1. The van der Waals surface area contributed by atoms with E-state index < -0.39 is 5.97 Å². The number of hydrogen-bond acceptors (Lipinski definition) is 2. The maximum Gasteiger partial charge on any atom is 0.335 e. The number of aromatic carboxylic acids is 1. The number of benzene rings is 1. The summed E-state index contributed by atoms with van der Waals surface area (Å²) in [6.07, 6.45) is 1.21. The largest absolute Gasteiger partial charge is 0.478 e. The van der Waals surface area contributed by atoms with Gasteiger partial charge in [0.15, 0.2) is 0 Å². The molecule has 3 heteroatoms. The Bertz CT molecular complexity index is 442. The third-order valence-corrected chi connectivity index (χ3v) is 3.54. The first kappa shape index (κ1) is 12.0. The van der Waals surface area contributed by atoms with E-state index in [1.165, 1.54) is 12.1 Å². The quantitative estimate of drug-likeness (QED) is 0.853. The Labute approximate surface area is 102 Å². The molecule has 0 amide bonds. The lowest BCUT2D eigenvalue weighted by atomic mass is 10.1. The molecular formula is C14H19NO2. The van der Waals surface area contributed by atoms with Crippen molar-refractivity contribution in [2.75, 3.05) is 11.4 Å². The van der Waals surface area contributed by atoms with Crippen LogP contribution in [0.15, 0.2) is 18.2 Å². The van der Waals surface area contributed by atoms with Gasteiger partial charge in [-0.1, -0.05) is 6.92 Å². The SMILES string of the molecule is Cc1cc(C(=O)O)ccc1N1CC(C)CC1C. The summed E-state index contributed by atoms with van der Waals surface area (Å²) >= 11 is 0. The first-order valence-corrected chi connectivity index (χ1v) is 6.09. The fraction of sp³-hybridized carbons (Fsp3) is 0.500. The first-order valence-electron chi connectivity index (χ1n) is 6.09. The van der Waals surface area contributed by atoms with Gasteiger partial charge in [-0.05, 0) is 49.9 Å². The fourth-order valence-corrected chi connectivity index (χ4v) is 2.75. The number of hydrogen-bond donors (Lipinski definition) is 1. The number of carboxylic acid groups (broad SMARTS) is 1. The molecule has 0 aromatic heterocycles. The molecule has 1 N–H and O–H groups in total. The van der Waals surface area contributed by atoms with Gasteiger partial charge in [-0.25, -0.2) is 4.79 Å². The lowest BCUT2D eigenvalue weighted by Gasteiger charge is -2.26. The highest BCUT2D eigenvalue weighted by molar-refractivity contribution is 5.88. The van der Waals surface area contributed by atoms with Crippen LogP contribution in [0.1, 0.15) is 36.2 Å². The van der Waals surface area contributed by atoms with Crippen LogP contribution in [-0.2, 0) is 0 Å². The molecule has 2 unspecified atom stereocenters. The molecule has 1 saturated heterocycles. The third kappa shape index (κ3) is 2.28. The molecular weight excluding hydrogens is 214 g/mol. The van der Waals surface area contributed by atoms with Crippen LogP contribution in [0.3, 0.4) is 0 Å². The molecule has 1 fully saturated rings. The lowest BCUT2D eigenvalue weighted by molar-refractivity contribution is 0.0697. The van der Waals surface area contributed by atoms with E-state index in [0.29, 0.717) is 17.5 Å². The Morgan fingerprint density at radius 2 is 2.12 bits per heavy atom. The summed E-state index contributed by atoms with van der Waals surface area (Å²) in [4.78, 5) is 13.3. The molecule has 2 atom stereocenters. The van der Waals surface area contributed by atoms with Crippen molar-refractivity contribution in [1.82, 2.24) is 0 Å². The maximum atomic E-state index is 10.9. The Hall–Kier alpha value is -1.51. The number of nitrogens with zero attached hydrogens (tertiary/aromatic N) is 1. The van der Waals surface area contributed by atoms with E-state index in [4.69, 9.17) is 5.11 Å². The second-order valence-electron chi connectivity index (χ2n) is 5.15. The average molecular weight is 233 g/mol. The Morgan fingerprint density at radius 3 is 2.59 bits per heavy atom. The summed E-state index contributed by atoms with van der Waals surface area (Å²) in [5.74, 6) is -0.147. The standard InChI is InChI=1S/C14H19NO2/c1-9-6-11(3)15(8-9)13-5-4-12(14(16)17)7-10(13)2/h4-5,7,9,11H,6,8H2,1-3H3,(H,16,17). The second-order valence-corrected chi connectivity index (χ2v) is 5.15. The first-order chi connectivity index (χ1) is 7.99. The van der Waals surface area contributed by atoms with Gasteiger partial charge in [0.1, 0.15) is 0 Å². The second kappa shape index (κ2) is 4.40. The number of carbonyl (C=O) groups is 1. The highest BCUT2D eigenvalue weighted by Gasteiger charge is 2.27. The van der Waals surface area contributed by atoms with Crippen LogP contribution < -0.4 is 4.90 Å². The van der Waals surface area contributed by atoms with Crippen molar-refractivity contribution in [3.05, 3.63) is 29.3 Å². The molecule has 1 heterocycles. The number of carboxylic acids is 1. The van der Waals surface area contributed by atoms with E-state index in [-0.39, 0.29) is 0 Å². The summed E-state index contributed by atoms with van der Waals surface area (Å²) in [6.45, 7) is 7.54. The maximum absolute atomic E-state index is 10.9. The highest BCUT2D eigenvalue weighted by Crippen LogP contribution is 2.31. The minimum Gasteiger partial charge on any atom is -0.478 e. The van der Waals surface area contributed by atoms with Crippen LogP contribution in [0.5, 0.6) is 0 Å². The Kier molecular flexibility index (Phi) is 3.09. The predicted octanol–water partition coefficient (Wildman–Crippen LogP) is 2.93. The fourth-order valence-electron chi connectivity index (χ4n) is 2.75. The van der Waals surface area contributed by atoms with Crippen molar-refractivity contribution in [2.45, 2.75) is 33.2 Å². The lowest BCUT2D eigenvalue weighted by Crippen LogP contribution is -2.27. The van der Waals surface area contributed by atoms with Crippen LogP contribution in [0.25, 0.3) is 0 Å². The van der Waals surface area contributed by atoms with Gasteiger partial charge in [0.05, 0.1) is 5.56 Å². The zero-order valence-corrected chi connectivity index (χ0v) is 10.6. The average Bonchev–Trinajstić information content (AvgIpc) is 2.57. The predicted molar refractivity (Wildman–Crippen MR) is 68.7 cm³/mol. The molecule has 0 saturated carbocycles.